The second-order valence-corrected chi connectivity index (χ2v) is 6.72. The molecule has 1 aromatic carbocycles. The van der Waals surface area contributed by atoms with Crippen molar-refractivity contribution in [3.05, 3.63) is 71.7 Å². The number of fused-ring (bicyclic) bond motifs is 1. The van der Waals surface area contributed by atoms with Gasteiger partial charge in [0.1, 0.15) is 5.52 Å². The van der Waals surface area contributed by atoms with Crippen molar-refractivity contribution in [1.29, 1.82) is 0 Å². The first-order valence-electron chi connectivity index (χ1n) is 9.08. The Morgan fingerprint density at radius 3 is 2.54 bits per heavy atom. The maximum absolute atomic E-state index is 12.5. The van der Waals surface area contributed by atoms with Gasteiger partial charge in [0.15, 0.2) is 5.69 Å². The fraction of sp³-hybridized carbons (Fsp3) is 0.286. The van der Waals surface area contributed by atoms with Crippen LogP contribution in [0.15, 0.2) is 54.9 Å². The number of carbonyl (C=O) groups excluding carboxylic acids is 1. The van der Waals surface area contributed by atoms with E-state index in [1.54, 1.807) is 12.4 Å². The van der Waals surface area contributed by atoms with Gasteiger partial charge in [0.05, 0.1) is 0 Å². The summed E-state index contributed by atoms with van der Waals surface area (Å²) >= 11 is 0. The van der Waals surface area contributed by atoms with Crippen molar-refractivity contribution >= 4 is 16.8 Å². The van der Waals surface area contributed by atoms with Gasteiger partial charge in [-0.2, -0.15) is 0 Å². The first kappa shape index (κ1) is 16.7. The highest BCUT2D eigenvalue weighted by Crippen LogP contribution is 2.15. The number of hydrogen-bond acceptors (Lipinski definition) is 4. The summed E-state index contributed by atoms with van der Waals surface area (Å²) in [5.74, 6) is -0.199. The van der Waals surface area contributed by atoms with E-state index < -0.39 is 0 Å². The molecule has 0 radical (unpaired) electrons. The summed E-state index contributed by atoms with van der Waals surface area (Å²) in [7, 11) is 0. The van der Waals surface area contributed by atoms with Gasteiger partial charge in [-0.1, -0.05) is 30.3 Å². The molecule has 132 valence electrons. The van der Waals surface area contributed by atoms with Crippen molar-refractivity contribution < 1.29 is 4.79 Å². The molecule has 1 saturated heterocycles. The standard InChI is InChI=1S/C21H22N4O/c26-21(20-19-18(9-11-23-20)4-3-10-22-19)24-14-16-5-7-17(8-6-16)15-25-12-1-2-13-25/h3-11H,1-2,12-15H2,(H,24,26). The molecule has 1 aliphatic rings. The van der Waals surface area contributed by atoms with Gasteiger partial charge >= 0.3 is 0 Å². The molecule has 3 aromatic rings. The monoisotopic (exact) mass is 346 g/mol. The van der Waals surface area contributed by atoms with E-state index in [1.165, 1.54) is 31.5 Å². The molecule has 0 atom stereocenters. The summed E-state index contributed by atoms with van der Waals surface area (Å²) in [6, 6.07) is 14.1. The molecular formula is C21H22N4O. The van der Waals surface area contributed by atoms with Gasteiger partial charge in [0, 0.05) is 30.9 Å². The average molecular weight is 346 g/mol. The van der Waals surface area contributed by atoms with Crippen molar-refractivity contribution in [2.24, 2.45) is 0 Å². The SMILES string of the molecule is O=C(NCc1ccc(CN2CCCC2)cc1)c1nccc2cccnc12. The predicted molar refractivity (Wildman–Crippen MR) is 102 cm³/mol. The van der Waals surface area contributed by atoms with Gasteiger partial charge in [-0.15, -0.1) is 0 Å². The number of aromatic nitrogens is 2. The van der Waals surface area contributed by atoms with Crippen LogP contribution in [0.3, 0.4) is 0 Å². The van der Waals surface area contributed by atoms with Gasteiger partial charge in [0.25, 0.3) is 5.91 Å². The molecule has 2 aromatic heterocycles. The second-order valence-electron chi connectivity index (χ2n) is 6.72. The van der Waals surface area contributed by atoms with Crippen LogP contribution >= 0.6 is 0 Å². The van der Waals surface area contributed by atoms with Crippen molar-refractivity contribution in [3.63, 3.8) is 0 Å². The highest BCUT2D eigenvalue weighted by Gasteiger charge is 2.13. The number of hydrogen-bond donors (Lipinski definition) is 1. The molecule has 0 spiro atoms. The van der Waals surface area contributed by atoms with Crippen molar-refractivity contribution in [2.75, 3.05) is 13.1 Å². The number of carbonyl (C=O) groups is 1. The Kier molecular flexibility index (Phi) is 4.88. The summed E-state index contributed by atoms with van der Waals surface area (Å²) in [4.78, 5) is 23.5. The smallest absolute Gasteiger partial charge is 0.272 e. The Bertz CT molecular complexity index is 896. The minimum absolute atomic E-state index is 0.199. The van der Waals surface area contributed by atoms with E-state index in [-0.39, 0.29) is 5.91 Å². The molecule has 0 saturated carbocycles. The summed E-state index contributed by atoms with van der Waals surface area (Å²) in [6.45, 7) is 3.89. The highest BCUT2D eigenvalue weighted by atomic mass is 16.1. The lowest BCUT2D eigenvalue weighted by atomic mass is 10.1. The second kappa shape index (κ2) is 7.62. The van der Waals surface area contributed by atoms with E-state index >= 15 is 0 Å². The van der Waals surface area contributed by atoms with E-state index in [2.05, 4.69) is 44.5 Å². The van der Waals surface area contributed by atoms with Crippen molar-refractivity contribution in [1.82, 2.24) is 20.2 Å². The number of nitrogens with zero attached hydrogens (tertiary/aromatic N) is 3. The molecule has 1 N–H and O–H groups in total. The molecule has 3 heterocycles. The number of nitrogens with one attached hydrogen (secondary N) is 1. The zero-order chi connectivity index (χ0) is 17.8. The number of benzene rings is 1. The lowest BCUT2D eigenvalue weighted by Crippen LogP contribution is -2.24. The zero-order valence-electron chi connectivity index (χ0n) is 14.7. The third-order valence-electron chi connectivity index (χ3n) is 4.82. The molecule has 26 heavy (non-hydrogen) atoms. The molecular weight excluding hydrogens is 324 g/mol. The van der Waals surface area contributed by atoms with Gasteiger partial charge in [0.2, 0.25) is 0 Å². The van der Waals surface area contributed by atoms with Gasteiger partial charge in [-0.3, -0.25) is 14.7 Å². The normalized spacial score (nSPS) is 14.6. The van der Waals surface area contributed by atoms with E-state index in [4.69, 9.17) is 0 Å². The van der Waals surface area contributed by atoms with E-state index in [9.17, 15) is 4.79 Å². The Labute approximate surface area is 153 Å². The van der Waals surface area contributed by atoms with E-state index in [0.717, 1.165) is 17.5 Å². The predicted octanol–water partition coefficient (Wildman–Crippen LogP) is 3.16. The average Bonchev–Trinajstić information content (AvgIpc) is 3.20. The molecule has 1 fully saturated rings. The van der Waals surface area contributed by atoms with E-state index in [1.807, 2.05) is 18.2 Å². The highest BCUT2D eigenvalue weighted by molar-refractivity contribution is 6.03. The molecule has 0 bridgehead atoms. The van der Waals surface area contributed by atoms with E-state index in [0.29, 0.717) is 17.8 Å². The number of likely N-dealkylation sites (tertiary alicyclic amines) is 1. The minimum Gasteiger partial charge on any atom is -0.347 e. The minimum atomic E-state index is -0.199. The Hall–Kier alpha value is -2.79. The van der Waals surface area contributed by atoms with Gasteiger partial charge in [-0.25, -0.2) is 4.98 Å². The Morgan fingerprint density at radius 2 is 1.73 bits per heavy atom. The van der Waals surface area contributed by atoms with Gasteiger partial charge < -0.3 is 5.32 Å². The first-order chi connectivity index (χ1) is 12.8. The van der Waals surface area contributed by atoms with Crippen LogP contribution < -0.4 is 5.32 Å². The maximum Gasteiger partial charge on any atom is 0.272 e. The van der Waals surface area contributed by atoms with Crippen LogP contribution in [-0.2, 0) is 13.1 Å². The van der Waals surface area contributed by atoms with Gasteiger partial charge in [-0.05, 0) is 49.2 Å². The summed E-state index contributed by atoms with van der Waals surface area (Å²) < 4.78 is 0. The fourth-order valence-electron chi connectivity index (χ4n) is 3.40. The Balaban J connectivity index is 1.39. The number of pyridine rings is 2. The van der Waals surface area contributed by atoms with Crippen LogP contribution in [0.5, 0.6) is 0 Å². The Morgan fingerprint density at radius 1 is 0.962 bits per heavy atom. The lowest BCUT2D eigenvalue weighted by Gasteiger charge is -2.14. The van der Waals surface area contributed by atoms with Crippen LogP contribution in [-0.4, -0.2) is 33.9 Å². The van der Waals surface area contributed by atoms with Crippen LogP contribution in [0.4, 0.5) is 0 Å². The number of amides is 1. The topological polar surface area (TPSA) is 58.1 Å². The largest absolute Gasteiger partial charge is 0.347 e. The van der Waals surface area contributed by atoms with Crippen molar-refractivity contribution in [2.45, 2.75) is 25.9 Å². The van der Waals surface area contributed by atoms with Crippen LogP contribution in [0, 0.1) is 0 Å². The molecule has 1 amide bonds. The summed E-state index contributed by atoms with van der Waals surface area (Å²) in [6.07, 6.45) is 5.94. The quantitative estimate of drug-likeness (QED) is 0.771. The molecule has 5 heteroatoms. The number of rotatable bonds is 5. The zero-order valence-corrected chi connectivity index (χ0v) is 14.7. The molecule has 0 aliphatic carbocycles. The molecule has 1 aliphatic heterocycles. The van der Waals surface area contributed by atoms with Crippen molar-refractivity contribution in [3.8, 4) is 0 Å². The maximum atomic E-state index is 12.5. The third kappa shape index (κ3) is 3.73. The molecule has 0 unspecified atom stereocenters. The van der Waals surface area contributed by atoms with Crippen LogP contribution in [0.1, 0.15) is 34.5 Å². The third-order valence-corrected chi connectivity index (χ3v) is 4.82. The van der Waals surface area contributed by atoms with Crippen LogP contribution in [0.2, 0.25) is 0 Å². The lowest BCUT2D eigenvalue weighted by molar-refractivity contribution is 0.0947. The summed E-state index contributed by atoms with van der Waals surface area (Å²) in [5, 5.41) is 3.86. The fourth-order valence-corrected chi connectivity index (χ4v) is 3.40. The first-order valence-corrected chi connectivity index (χ1v) is 9.08. The van der Waals surface area contributed by atoms with Crippen LogP contribution in [0.25, 0.3) is 10.9 Å². The summed E-state index contributed by atoms with van der Waals surface area (Å²) in [5.41, 5.74) is 3.40. The molecule has 5 nitrogen and oxygen atoms in total. The molecule has 4 rings (SSSR count).